The third-order valence-corrected chi connectivity index (χ3v) is 8.85. The SMILES string of the molecule is CCOC(=O)C1CCN(C(=O)c2csc(CSc3nnc(-c4ccccc4Cl)n3-c3cccc(Cl)c3)n2)CC1. The number of thioether (sulfide) groups is 1. The van der Waals surface area contributed by atoms with Gasteiger partial charge in [0.05, 0.1) is 29.0 Å². The molecule has 0 N–H and O–H groups in total. The molecule has 3 heterocycles. The Morgan fingerprint density at radius 1 is 1.10 bits per heavy atom. The number of hydrogen-bond donors (Lipinski definition) is 0. The van der Waals surface area contributed by atoms with E-state index in [1.165, 1.54) is 23.1 Å². The summed E-state index contributed by atoms with van der Waals surface area (Å²) in [4.78, 5) is 31.4. The van der Waals surface area contributed by atoms with Gasteiger partial charge in [-0.15, -0.1) is 21.5 Å². The van der Waals surface area contributed by atoms with E-state index >= 15 is 0 Å². The number of piperidine rings is 1. The largest absolute Gasteiger partial charge is 0.466 e. The first-order chi connectivity index (χ1) is 18.9. The maximum atomic E-state index is 13.0. The van der Waals surface area contributed by atoms with Gasteiger partial charge in [0.15, 0.2) is 11.0 Å². The van der Waals surface area contributed by atoms with Crippen LogP contribution in [0.2, 0.25) is 10.0 Å². The maximum absolute atomic E-state index is 13.0. The standard InChI is InChI=1S/C27H25Cl2N5O3S2/c1-2-37-26(36)17-10-12-33(13-11-17)25(35)22-15-38-23(30-22)16-39-27-32-31-24(20-8-3-4-9-21(20)29)34(27)19-7-5-6-18(28)14-19/h3-9,14-15,17H,2,10-13,16H2,1H3. The van der Waals surface area contributed by atoms with Gasteiger partial charge in [0.2, 0.25) is 0 Å². The molecule has 0 radical (unpaired) electrons. The number of nitrogens with zero attached hydrogens (tertiary/aromatic N) is 5. The molecule has 1 saturated heterocycles. The van der Waals surface area contributed by atoms with E-state index in [0.29, 0.717) is 65.0 Å². The Hall–Kier alpha value is -2.92. The molecular formula is C27H25Cl2N5O3S2. The maximum Gasteiger partial charge on any atom is 0.309 e. The number of halogens is 2. The molecule has 0 unspecified atom stereocenters. The van der Waals surface area contributed by atoms with Gasteiger partial charge in [-0.1, -0.05) is 53.2 Å². The number of thiazole rings is 1. The van der Waals surface area contributed by atoms with Crippen molar-refractivity contribution in [2.45, 2.75) is 30.7 Å². The van der Waals surface area contributed by atoms with Crippen LogP contribution < -0.4 is 0 Å². The molecule has 1 aliphatic heterocycles. The molecular weight excluding hydrogens is 577 g/mol. The molecule has 8 nitrogen and oxygen atoms in total. The van der Waals surface area contributed by atoms with E-state index in [1.807, 2.05) is 53.1 Å². The normalized spacial score (nSPS) is 14.0. The number of benzene rings is 2. The molecule has 0 bridgehead atoms. The lowest BCUT2D eigenvalue weighted by molar-refractivity contribution is -0.149. The van der Waals surface area contributed by atoms with E-state index in [0.717, 1.165) is 16.3 Å². The number of rotatable bonds is 8. The predicted molar refractivity (Wildman–Crippen MR) is 154 cm³/mol. The lowest BCUT2D eigenvalue weighted by Crippen LogP contribution is -2.40. The molecule has 0 saturated carbocycles. The van der Waals surface area contributed by atoms with Gasteiger partial charge in [-0.2, -0.15) is 0 Å². The lowest BCUT2D eigenvalue weighted by Gasteiger charge is -2.30. The molecule has 1 fully saturated rings. The smallest absolute Gasteiger partial charge is 0.309 e. The second-order valence-corrected chi connectivity index (χ2v) is 11.6. The summed E-state index contributed by atoms with van der Waals surface area (Å²) in [7, 11) is 0. The van der Waals surface area contributed by atoms with Crippen LogP contribution in [0.3, 0.4) is 0 Å². The van der Waals surface area contributed by atoms with E-state index in [2.05, 4.69) is 15.2 Å². The predicted octanol–water partition coefficient (Wildman–Crippen LogP) is 6.41. The van der Waals surface area contributed by atoms with Crippen LogP contribution >= 0.6 is 46.3 Å². The average molecular weight is 603 g/mol. The summed E-state index contributed by atoms with van der Waals surface area (Å²) >= 11 is 15.7. The van der Waals surface area contributed by atoms with Crippen LogP contribution in [-0.4, -0.2) is 56.2 Å². The number of aromatic nitrogens is 4. The van der Waals surface area contributed by atoms with E-state index < -0.39 is 0 Å². The summed E-state index contributed by atoms with van der Waals surface area (Å²) in [6.07, 6.45) is 1.20. The molecule has 1 aliphatic rings. The molecule has 202 valence electrons. The fourth-order valence-corrected chi connectivity index (χ4v) is 6.51. The van der Waals surface area contributed by atoms with Gasteiger partial charge in [-0.05, 0) is 50.1 Å². The molecule has 12 heteroatoms. The van der Waals surface area contributed by atoms with E-state index in [1.54, 1.807) is 17.2 Å². The minimum absolute atomic E-state index is 0.118. The van der Waals surface area contributed by atoms with Gasteiger partial charge in [0, 0.05) is 29.1 Å². The molecule has 0 atom stereocenters. The Labute approximate surface area is 244 Å². The van der Waals surface area contributed by atoms with E-state index in [4.69, 9.17) is 27.9 Å². The van der Waals surface area contributed by atoms with Gasteiger partial charge in [0.25, 0.3) is 5.91 Å². The fraction of sp³-hybridized carbons (Fsp3) is 0.296. The van der Waals surface area contributed by atoms with Crippen LogP contribution in [0.25, 0.3) is 17.1 Å². The van der Waals surface area contributed by atoms with Crippen LogP contribution in [0.1, 0.15) is 35.3 Å². The second kappa shape index (κ2) is 12.5. The number of carbonyl (C=O) groups excluding carboxylic acids is 2. The number of hydrogen-bond acceptors (Lipinski definition) is 8. The van der Waals surface area contributed by atoms with Gasteiger partial charge in [0.1, 0.15) is 10.7 Å². The Morgan fingerprint density at radius 3 is 2.64 bits per heavy atom. The Morgan fingerprint density at radius 2 is 1.90 bits per heavy atom. The Kier molecular flexibility index (Phi) is 8.86. The minimum Gasteiger partial charge on any atom is -0.466 e. The molecule has 0 spiro atoms. The van der Waals surface area contributed by atoms with E-state index in [9.17, 15) is 9.59 Å². The zero-order chi connectivity index (χ0) is 27.4. The zero-order valence-electron chi connectivity index (χ0n) is 21.0. The number of amides is 1. The Bertz CT molecular complexity index is 1480. The minimum atomic E-state index is -0.180. The van der Waals surface area contributed by atoms with Crippen LogP contribution in [0.5, 0.6) is 0 Å². The number of carbonyl (C=O) groups is 2. The molecule has 4 aromatic rings. The van der Waals surface area contributed by atoms with Crippen molar-refractivity contribution in [3.05, 3.63) is 74.7 Å². The van der Waals surface area contributed by atoms with Crippen molar-refractivity contribution in [3.63, 3.8) is 0 Å². The first-order valence-corrected chi connectivity index (χ1v) is 15.1. The van der Waals surface area contributed by atoms with Gasteiger partial charge >= 0.3 is 5.97 Å². The monoisotopic (exact) mass is 601 g/mol. The van der Waals surface area contributed by atoms with Crippen LogP contribution in [-0.2, 0) is 15.3 Å². The fourth-order valence-electron chi connectivity index (χ4n) is 4.37. The van der Waals surface area contributed by atoms with Crippen molar-refractivity contribution in [1.82, 2.24) is 24.6 Å². The van der Waals surface area contributed by atoms with Crippen molar-refractivity contribution >= 4 is 58.2 Å². The summed E-state index contributed by atoms with van der Waals surface area (Å²) in [5.41, 5.74) is 1.98. The highest BCUT2D eigenvalue weighted by atomic mass is 35.5. The second-order valence-electron chi connectivity index (χ2n) is 8.83. The number of ether oxygens (including phenoxy) is 1. The topological polar surface area (TPSA) is 90.2 Å². The summed E-state index contributed by atoms with van der Waals surface area (Å²) in [5, 5.41) is 13.3. The van der Waals surface area contributed by atoms with Crippen molar-refractivity contribution < 1.29 is 14.3 Å². The number of esters is 1. The van der Waals surface area contributed by atoms with Crippen LogP contribution in [0.15, 0.2) is 59.1 Å². The molecule has 39 heavy (non-hydrogen) atoms. The summed E-state index contributed by atoms with van der Waals surface area (Å²) < 4.78 is 7.05. The highest BCUT2D eigenvalue weighted by molar-refractivity contribution is 7.98. The summed E-state index contributed by atoms with van der Waals surface area (Å²) in [6.45, 7) is 3.19. The van der Waals surface area contributed by atoms with Gasteiger partial charge in [-0.3, -0.25) is 14.2 Å². The van der Waals surface area contributed by atoms with Crippen molar-refractivity contribution in [2.75, 3.05) is 19.7 Å². The summed E-state index contributed by atoms with van der Waals surface area (Å²) in [6, 6.07) is 14.9. The van der Waals surface area contributed by atoms with Gasteiger partial charge < -0.3 is 9.64 Å². The highest BCUT2D eigenvalue weighted by Crippen LogP contribution is 2.34. The average Bonchev–Trinajstić information content (AvgIpc) is 3.59. The third kappa shape index (κ3) is 6.30. The van der Waals surface area contributed by atoms with Gasteiger partial charge in [-0.25, -0.2) is 4.98 Å². The molecule has 5 rings (SSSR count). The van der Waals surface area contributed by atoms with E-state index in [-0.39, 0.29) is 17.8 Å². The first-order valence-electron chi connectivity index (χ1n) is 12.4. The molecule has 0 aliphatic carbocycles. The lowest BCUT2D eigenvalue weighted by atomic mass is 9.97. The third-order valence-electron chi connectivity index (χ3n) is 6.31. The van der Waals surface area contributed by atoms with Crippen molar-refractivity contribution in [2.24, 2.45) is 5.92 Å². The highest BCUT2D eigenvalue weighted by Gasteiger charge is 2.29. The molecule has 1 amide bonds. The first kappa shape index (κ1) is 27.6. The quantitative estimate of drug-likeness (QED) is 0.170. The molecule has 2 aromatic carbocycles. The van der Waals surface area contributed by atoms with Crippen LogP contribution in [0.4, 0.5) is 0 Å². The Balaban J connectivity index is 1.30. The van der Waals surface area contributed by atoms with Crippen LogP contribution in [0, 0.1) is 5.92 Å². The molecule has 2 aromatic heterocycles. The van der Waals surface area contributed by atoms with Crippen molar-refractivity contribution in [3.8, 4) is 17.1 Å². The number of likely N-dealkylation sites (tertiary alicyclic amines) is 1. The summed E-state index contributed by atoms with van der Waals surface area (Å²) in [5.74, 6) is 0.661. The van der Waals surface area contributed by atoms with Crippen molar-refractivity contribution in [1.29, 1.82) is 0 Å². The zero-order valence-corrected chi connectivity index (χ0v) is 24.2.